The Morgan fingerprint density at radius 2 is 1.97 bits per heavy atom. The van der Waals surface area contributed by atoms with Crippen molar-refractivity contribution in [1.29, 1.82) is 0 Å². The van der Waals surface area contributed by atoms with Gasteiger partial charge in [0.05, 0.1) is 15.9 Å². The molecule has 8 heteroatoms. The smallest absolute Gasteiger partial charge is 0.328 e. The molecule has 4 aromatic rings. The Kier molecular flexibility index (Phi) is 5.07. The normalized spacial score (nSPS) is 11.4. The van der Waals surface area contributed by atoms with E-state index in [1.54, 1.807) is 30.3 Å². The summed E-state index contributed by atoms with van der Waals surface area (Å²) in [7, 11) is 0. The molecule has 0 spiro atoms. The highest BCUT2D eigenvalue weighted by molar-refractivity contribution is 6.33. The van der Waals surface area contributed by atoms with Crippen LogP contribution in [-0.2, 0) is 6.54 Å². The number of aromatic nitrogens is 4. The number of nitrogens with zero attached hydrogens (tertiary/aromatic N) is 3. The van der Waals surface area contributed by atoms with Gasteiger partial charge in [-0.1, -0.05) is 42.7 Å². The van der Waals surface area contributed by atoms with Crippen molar-refractivity contribution >= 4 is 22.5 Å². The summed E-state index contributed by atoms with van der Waals surface area (Å²) in [6.07, 6.45) is 0.749. The van der Waals surface area contributed by atoms with Crippen molar-refractivity contribution < 1.29 is 4.52 Å². The maximum absolute atomic E-state index is 12.7. The van der Waals surface area contributed by atoms with Crippen LogP contribution >= 0.6 is 11.6 Å². The van der Waals surface area contributed by atoms with Gasteiger partial charge in [-0.25, -0.2) is 4.79 Å². The lowest BCUT2D eigenvalue weighted by Gasteiger charge is -2.08. The lowest BCUT2D eigenvalue weighted by Crippen LogP contribution is -2.35. The molecule has 0 amide bonds. The molecule has 0 aliphatic heterocycles. The van der Waals surface area contributed by atoms with Crippen molar-refractivity contribution in [1.82, 2.24) is 19.7 Å². The van der Waals surface area contributed by atoms with E-state index in [9.17, 15) is 9.59 Å². The highest BCUT2D eigenvalue weighted by Gasteiger charge is 2.15. The predicted octanol–water partition coefficient (Wildman–Crippen LogP) is 4.11. The number of nitrogens with one attached hydrogen (secondary N) is 1. The number of halogens is 1. The SMILES string of the molecule is CC(C)CCn1c(=O)[nH]c2cc(-c3nc(-c4ccccc4Cl)no3)ccc2c1=O. The average molecular weight is 411 g/mol. The lowest BCUT2D eigenvalue weighted by atomic mass is 10.1. The number of rotatable bonds is 5. The molecule has 0 aliphatic carbocycles. The van der Waals surface area contributed by atoms with Gasteiger partial charge in [0.2, 0.25) is 5.82 Å². The van der Waals surface area contributed by atoms with Gasteiger partial charge < -0.3 is 9.51 Å². The molecule has 7 nitrogen and oxygen atoms in total. The first-order valence-electron chi connectivity index (χ1n) is 9.30. The molecule has 0 aliphatic rings. The Morgan fingerprint density at radius 3 is 2.72 bits per heavy atom. The Hall–Kier alpha value is -3.19. The summed E-state index contributed by atoms with van der Waals surface area (Å²) in [6, 6.07) is 12.2. The molecule has 4 rings (SSSR count). The molecule has 2 heterocycles. The molecule has 29 heavy (non-hydrogen) atoms. The van der Waals surface area contributed by atoms with Crippen LogP contribution < -0.4 is 11.2 Å². The lowest BCUT2D eigenvalue weighted by molar-refractivity contribution is 0.432. The summed E-state index contributed by atoms with van der Waals surface area (Å²) < 4.78 is 6.60. The number of fused-ring (bicyclic) bond motifs is 1. The van der Waals surface area contributed by atoms with Crippen molar-refractivity contribution in [2.24, 2.45) is 5.92 Å². The first-order chi connectivity index (χ1) is 13.9. The Morgan fingerprint density at radius 1 is 1.17 bits per heavy atom. The van der Waals surface area contributed by atoms with E-state index in [2.05, 4.69) is 15.1 Å². The summed E-state index contributed by atoms with van der Waals surface area (Å²) >= 11 is 6.19. The summed E-state index contributed by atoms with van der Waals surface area (Å²) in [5.74, 6) is 1.03. The van der Waals surface area contributed by atoms with E-state index in [1.807, 2.05) is 26.0 Å². The van der Waals surface area contributed by atoms with Crippen LogP contribution in [0.15, 0.2) is 56.6 Å². The van der Waals surface area contributed by atoms with Gasteiger partial charge in [0.25, 0.3) is 11.4 Å². The molecule has 148 valence electrons. The Balaban J connectivity index is 1.74. The van der Waals surface area contributed by atoms with Crippen LogP contribution in [-0.4, -0.2) is 19.7 Å². The molecule has 2 aromatic carbocycles. The molecule has 0 bridgehead atoms. The van der Waals surface area contributed by atoms with E-state index in [0.29, 0.717) is 45.3 Å². The van der Waals surface area contributed by atoms with Gasteiger partial charge in [-0.2, -0.15) is 4.98 Å². The van der Waals surface area contributed by atoms with Crippen LogP contribution in [0.25, 0.3) is 33.7 Å². The number of benzene rings is 2. The van der Waals surface area contributed by atoms with E-state index in [4.69, 9.17) is 16.1 Å². The molecular weight excluding hydrogens is 392 g/mol. The number of hydrogen-bond acceptors (Lipinski definition) is 5. The highest BCUT2D eigenvalue weighted by Crippen LogP contribution is 2.28. The van der Waals surface area contributed by atoms with Gasteiger partial charge in [-0.15, -0.1) is 0 Å². The van der Waals surface area contributed by atoms with E-state index < -0.39 is 5.69 Å². The van der Waals surface area contributed by atoms with Gasteiger partial charge in [0.1, 0.15) is 0 Å². The minimum absolute atomic E-state index is 0.270. The fourth-order valence-electron chi connectivity index (χ4n) is 3.07. The minimum Gasteiger partial charge on any atom is -0.334 e. The number of hydrogen-bond donors (Lipinski definition) is 1. The van der Waals surface area contributed by atoms with Gasteiger partial charge in [0, 0.05) is 17.7 Å². The molecule has 0 fully saturated rings. The standard InChI is InChI=1S/C21H19ClN4O3/c1-12(2)9-10-26-20(27)15-8-7-13(11-17(15)23-21(26)28)19-24-18(25-29-19)14-5-3-4-6-16(14)22/h3-8,11-12H,9-10H2,1-2H3,(H,23,28). The average Bonchev–Trinajstić information content (AvgIpc) is 3.17. The van der Waals surface area contributed by atoms with Crippen LogP contribution in [0.4, 0.5) is 0 Å². The third-order valence-corrected chi connectivity index (χ3v) is 5.03. The molecule has 0 unspecified atom stereocenters. The van der Waals surface area contributed by atoms with Crippen LogP contribution in [0.2, 0.25) is 5.02 Å². The summed E-state index contributed by atoms with van der Waals surface area (Å²) in [5.41, 5.74) is 0.946. The quantitative estimate of drug-likeness (QED) is 0.534. The zero-order valence-electron chi connectivity index (χ0n) is 16.0. The maximum Gasteiger partial charge on any atom is 0.328 e. The topological polar surface area (TPSA) is 93.8 Å². The zero-order chi connectivity index (χ0) is 20.5. The van der Waals surface area contributed by atoms with Crippen molar-refractivity contribution in [3.63, 3.8) is 0 Å². The first kappa shape index (κ1) is 19.1. The van der Waals surface area contributed by atoms with Crippen molar-refractivity contribution in [2.75, 3.05) is 0 Å². The van der Waals surface area contributed by atoms with E-state index in [0.717, 1.165) is 6.42 Å². The largest absolute Gasteiger partial charge is 0.334 e. The molecule has 0 saturated heterocycles. The second-order valence-electron chi connectivity index (χ2n) is 7.23. The molecule has 2 aromatic heterocycles. The van der Waals surface area contributed by atoms with Crippen molar-refractivity contribution in [2.45, 2.75) is 26.8 Å². The van der Waals surface area contributed by atoms with E-state index in [1.165, 1.54) is 4.57 Å². The zero-order valence-corrected chi connectivity index (χ0v) is 16.7. The fraction of sp³-hybridized carbons (Fsp3) is 0.238. The van der Waals surface area contributed by atoms with E-state index in [-0.39, 0.29) is 11.4 Å². The van der Waals surface area contributed by atoms with Gasteiger partial charge in [-0.05, 0) is 42.7 Å². The molecule has 0 atom stereocenters. The van der Waals surface area contributed by atoms with Gasteiger partial charge >= 0.3 is 5.69 Å². The molecule has 0 radical (unpaired) electrons. The Bertz CT molecular complexity index is 1300. The summed E-state index contributed by atoms with van der Waals surface area (Å²) in [6.45, 7) is 4.48. The van der Waals surface area contributed by atoms with Gasteiger partial charge in [-0.3, -0.25) is 9.36 Å². The van der Waals surface area contributed by atoms with Crippen LogP contribution in [0.5, 0.6) is 0 Å². The third kappa shape index (κ3) is 3.73. The summed E-state index contributed by atoms with van der Waals surface area (Å²) in [5, 5.41) is 4.94. The number of H-pyrrole nitrogens is 1. The Labute approximate surface area is 171 Å². The molecular formula is C21H19ClN4O3. The second-order valence-corrected chi connectivity index (χ2v) is 7.64. The van der Waals surface area contributed by atoms with Crippen LogP contribution in [0.1, 0.15) is 20.3 Å². The summed E-state index contributed by atoms with van der Waals surface area (Å²) in [4.78, 5) is 32.3. The van der Waals surface area contributed by atoms with Crippen LogP contribution in [0.3, 0.4) is 0 Å². The van der Waals surface area contributed by atoms with Crippen molar-refractivity contribution in [3.8, 4) is 22.8 Å². The highest BCUT2D eigenvalue weighted by atomic mass is 35.5. The molecule has 1 N–H and O–H groups in total. The fourth-order valence-corrected chi connectivity index (χ4v) is 3.29. The van der Waals surface area contributed by atoms with Crippen LogP contribution in [0, 0.1) is 5.92 Å². The third-order valence-electron chi connectivity index (χ3n) is 4.70. The molecule has 0 saturated carbocycles. The first-order valence-corrected chi connectivity index (χ1v) is 9.67. The van der Waals surface area contributed by atoms with Gasteiger partial charge in [0.15, 0.2) is 0 Å². The number of aromatic amines is 1. The van der Waals surface area contributed by atoms with Crippen molar-refractivity contribution in [3.05, 3.63) is 68.3 Å². The predicted molar refractivity (Wildman–Crippen MR) is 112 cm³/mol. The minimum atomic E-state index is -0.428. The van der Waals surface area contributed by atoms with E-state index >= 15 is 0 Å². The monoisotopic (exact) mass is 410 g/mol. The maximum atomic E-state index is 12.7. The second kappa shape index (κ2) is 7.67.